The summed E-state index contributed by atoms with van der Waals surface area (Å²) in [5, 5.41) is 4.61. The molecule has 1 aliphatic rings. The molecular formula is C18H18N2O2S. The molecule has 4 rings (SSSR count). The Morgan fingerprint density at radius 3 is 2.96 bits per heavy atom. The van der Waals surface area contributed by atoms with Crippen molar-refractivity contribution in [2.45, 2.75) is 39.0 Å². The van der Waals surface area contributed by atoms with Crippen LogP contribution in [0.4, 0.5) is 5.13 Å². The molecule has 0 saturated carbocycles. The van der Waals surface area contributed by atoms with E-state index in [0.29, 0.717) is 11.6 Å². The van der Waals surface area contributed by atoms with E-state index >= 15 is 0 Å². The predicted molar refractivity (Wildman–Crippen MR) is 92.1 cm³/mol. The largest absolute Gasteiger partial charge is 0.464 e. The number of benzene rings is 1. The van der Waals surface area contributed by atoms with Crippen molar-refractivity contribution in [1.82, 2.24) is 4.98 Å². The molecule has 23 heavy (non-hydrogen) atoms. The van der Waals surface area contributed by atoms with Crippen molar-refractivity contribution in [3.05, 3.63) is 46.2 Å². The van der Waals surface area contributed by atoms with E-state index in [-0.39, 0.29) is 5.91 Å². The van der Waals surface area contributed by atoms with Crippen LogP contribution in [-0.4, -0.2) is 10.9 Å². The quantitative estimate of drug-likeness (QED) is 0.784. The van der Waals surface area contributed by atoms with Crippen LogP contribution >= 0.6 is 11.3 Å². The summed E-state index contributed by atoms with van der Waals surface area (Å²) in [6.07, 6.45) is 8.24. The molecule has 0 spiro atoms. The van der Waals surface area contributed by atoms with Gasteiger partial charge >= 0.3 is 0 Å². The number of nitrogens with zero attached hydrogens (tertiary/aromatic N) is 1. The number of fused-ring (bicyclic) bond motifs is 2. The highest BCUT2D eigenvalue weighted by Crippen LogP contribution is 2.30. The second-order valence-electron chi connectivity index (χ2n) is 5.94. The normalized spacial score (nSPS) is 13.4. The van der Waals surface area contributed by atoms with Crippen molar-refractivity contribution >= 4 is 33.3 Å². The van der Waals surface area contributed by atoms with Gasteiger partial charge in [-0.25, -0.2) is 4.98 Å². The average Bonchev–Trinajstić information content (AvgIpc) is 3.25. The van der Waals surface area contributed by atoms with Gasteiger partial charge in [0.15, 0.2) is 5.13 Å². The van der Waals surface area contributed by atoms with Gasteiger partial charge in [0.25, 0.3) is 0 Å². The highest BCUT2D eigenvalue weighted by molar-refractivity contribution is 7.15. The van der Waals surface area contributed by atoms with Gasteiger partial charge < -0.3 is 9.73 Å². The molecule has 0 atom stereocenters. The lowest BCUT2D eigenvalue weighted by Gasteiger charge is -2.02. The Bertz CT molecular complexity index is 878. The molecule has 0 unspecified atom stereocenters. The van der Waals surface area contributed by atoms with Crippen LogP contribution in [0.5, 0.6) is 0 Å². The number of hydrogen-bond donors (Lipinski definition) is 1. The molecule has 0 fully saturated rings. The molecule has 0 bridgehead atoms. The summed E-state index contributed by atoms with van der Waals surface area (Å²) in [7, 11) is 0. The molecule has 1 aromatic carbocycles. The standard InChI is InChI=1S/C18H18N2O2S/c1-2-14-9-19-18(23-14)20-17(21)8-13-10-22-16-7-12-5-3-4-11(12)6-15(13)16/h6-7,9-10H,2-5,8H2,1H3,(H,19,20,21). The van der Waals surface area contributed by atoms with Gasteiger partial charge in [-0.1, -0.05) is 6.92 Å². The first-order chi connectivity index (χ1) is 11.2. The first kappa shape index (κ1) is 14.5. The van der Waals surface area contributed by atoms with Gasteiger partial charge in [0.05, 0.1) is 12.7 Å². The highest BCUT2D eigenvalue weighted by Gasteiger charge is 2.17. The van der Waals surface area contributed by atoms with Crippen molar-refractivity contribution in [1.29, 1.82) is 0 Å². The first-order valence-corrected chi connectivity index (χ1v) is 8.81. The fourth-order valence-corrected chi connectivity index (χ4v) is 3.92. The lowest BCUT2D eigenvalue weighted by molar-refractivity contribution is -0.115. The zero-order valence-corrected chi connectivity index (χ0v) is 13.8. The SMILES string of the molecule is CCc1cnc(NC(=O)Cc2coc3cc4c(cc23)CCC4)s1. The van der Waals surface area contributed by atoms with Gasteiger partial charge in [0, 0.05) is 22.0 Å². The molecule has 1 amide bonds. The summed E-state index contributed by atoms with van der Waals surface area (Å²) in [6, 6.07) is 4.33. The molecule has 118 valence electrons. The van der Waals surface area contributed by atoms with Crippen LogP contribution in [0.15, 0.2) is 29.0 Å². The number of thiazole rings is 1. The number of aromatic nitrogens is 1. The average molecular weight is 326 g/mol. The number of rotatable bonds is 4. The van der Waals surface area contributed by atoms with E-state index < -0.39 is 0 Å². The van der Waals surface area contributed by atoms with E-state index in [1.807, 2.05) is 6.20 Å². The van der Waals surface area contributed by atoms with Crippen molar-refractivity contribution in [3.8, 4) is 0 Å². The summed E-state index contributed by atoms with van der Waals surface area (Å²) in [5.74, 6) is -0.0507. The summed E-state index contributed by atoms with van der Waals surface area (Å²) >= 11 is 1.53. The molecule has 3 aromatic rings. The van der Waals surface area contributed by atoms with E-state index in [4.69, 9.17) is 4.42 Å². The van der Waals surface area contributed by atoms with E-state index in [2.05, 4.69) is 29.4 Å². The third kappa shape index (κ3) is 2.77. The third-order valence-corrected chi connectivity index (χ3v) is 5.42. The fraction of sp³-hybridized carbons (Fsp3) is 0.333. The maximum Gasteiger partial charge on any atom is 0.230 e. The minimum atomic E-state index is -0.0507. The van der Waals surface area contributed by atoms with Crippen molar-refractivity contribution in [2.75, 3.05) is 5.32 Å². The Morgan fingerprint density at radius 1 is 1.35 bits per heavy atom. The second-order valence-corrected chi connectivity index (χ2v) is 7.06. The van der Waals surface area contributed by atoms with Gasteiger partial charge in [0.1, 0.15) is 5.58 Å². The number of carbonyl (C=O) groups excluding carboxylic acids is 1. The molecule has 2 aromatic heterocycles. The van der Waals surface area contributed by atoms with Crippen LogP contribution in [-0.2, 0) is 30.5 Å². The number of amides is 1. The Balaban J connectivity index is 1.54. The fourth-order valence-electron chi connectivity index (χ4n) is 3.15. The van der Waals surface area contributed by atoms with Crippen molar-refractivity contribution in [3.63, 3.8) is 0 Å². The lowest BCUT2D eigenvalue weighted by atomic mass is 10.0. The Labute approximate surface area is 138 Å². The van der Waals surface area contributed by atoms with Crippen LogP contribution in [0.2, 0.25) is 0 Å². The number of furan rings is 1. The van der Waals surface area contributed by atoms with Crippen LogP contribution in [0, 0.1) is 0 Å². The number of hydrogen-bond acceptors (Lipinski definition) is 4. The highest BCUT2D eigenvalue weighted by atomic mass is 32.1. The number of carbonyl (C=O) groups is 1. The Morgan fingerprint density at radius 2 is 2.17 bits per heavy atom. The lowest BCUT2D eigenvalue weighted by Crippen LogP contribution is -2.13. The third-order valence-electron chi connectivity index (χ3n) is 4.37. The molecule has 1 aliphatic carbocycles. The number of anilines is 1. The maximum absolute atomic E-state index is 12.3. The first-order valence-electron chi connectivity index (χ1n) is 7.99. The van der Waals surface area contributed by atoms with Gasteiger partial charge in [-0.3, -0.25) is 4.79 Å². The zero-order valence-electron chi connectivity index (χ0n) is 13.0. The maximum atomic E-state index is 12.3. The topological polar surface area (TPSA) is 55.1 Å². The zero-order chi connectivity index (χ0) is 15.8. The minimum absolute atomic E-state index is 0.0507. The summed E-state index contributed by atoms with van der Waals surface area (Å²) in [5.41, 5.74) is 4.61. The van der Waals surface area contributed by atoms with E-state index in [1.165, 1.54) is 33.8 Å². The minimum Gasteiger partial charge on any atom is -0.464 e. The van der Waals surface area contributed by atoms with Crippen LogP contribution in [0.3, 0.4) is 0 Å². The second kappa shape index (κ2) is 5.81. The monoisotopic (exact) mass is 326 g/mol. The Kier molecular flexibility index (Phi) is 3.65. The molecule has 2 heterocycles. The summed E-state index contributed by atoms with van der Waals surface area (Å²) in [4.78, 5) is 17.7. The molecule has 5 heteroatoms. The van der Waals surface area contributed by atoms with Gasteiger partial charge in [-0.05, 0) is 48.9 Å². The van der Waals surface area contributed by atoms with E-state index in [1.54, 1.807) is 6.26 Å². The van der Waals surface area contributed by atoms with E-state index in [9.17, 15) is 4.79 Å². The molecule has 0 aliphatic heterocycles. The number of aryl methyl sites for hydroxylation is 3. The molecule has 1 N–H and O–H groups in total. The Hall–Kier alpha value is -2.14. The molecule has 0 saturated heterocycles. The van der Waals surface area contributed by atoms with Crippen molar-refractivity contribution in [2.24, 2.45) is 0 Å². The molecule has 0 radical (unpaired) electrons. The van der Waals surface area contributed by atoms with Crippen LogP contribution in [0.1, 0.15) is 34.9 Å². The molecule has 4 nitrogen and oxygen atoms in total. The smallest absolute Gasteiger partial charge is 0.230 e. The van der Waals surface area contributed by atoms with Gasteiger partial charge in [-0.15, -0.1) is 11.3 Å². The van der Waals surface area contributed by atoms with Gasteiger partial charge in [-0.2, -0.15) is 0 Å². The van der Waals surface area contributed by atoms with E-state index in [0.717, 1.165) is 35.8 Å². The van der Waals surface area contributed by atoms with Crippen molar-refractivity contribution < 1.29 is 9.21 Å². The number of nitrogens with one attached hydrogen (secondary N) is 1. The summed E-state index contributed by atoms with van der Waals surface area (Å²) < 4.78 is 5.65. The van der Waals surface area contributed by atoms with Crippen LogP contribution < -0.4 is 5.32 Å². The summed E-state index contributed by atoms with van der Waals surface area (Å²) in [6.45, 7) is 2.08. The molecular weight excluding hydrogens is 308 g/mol. The van der Waals surface area contributed by atoms with Crippen LogP contribution in [0.25, 0.3) is 11.0 Å². The van der Waals surface area contributed by atoms with Gasteiger partial charge in [0.2, 0.25) is 5.91 Å². The predicted octanol–water partition coefficient (Wildman–Crippen LogP) is 4.12.